The first-order valence-electron chi connectivity index (χ1n) is 49.4. The van der Waals surface area contributed by atoms with Crippen LogP contribution in [0.4, 0.5) is 58.4 Å². The highest BCUT2D eigenvalue weighted by Crippen LogP contribution is 2.50. The molecule has 8 atom stereocenters. The van der Waals surface area contributed by atoms with Gasteiger partial charge in [-0.15, -0.1) is 0 Å². The fourth-order valence-corrected chi connectivity index (χ4v) is 20.8. The Kier molecular flexibility index (Phi) is 33.0. The van der Waals surface area contributed by atoms with Crippen LogP contribution in [0.25, 0.3) is 68.8 Å². The van der Waals surface area contributed by atoms with Gasteiger partial charge in [-0.05, 0) is 307 Å². The van der Waals surface area contributed by atoms with E-state index in [9.17, 15) is 32.3 Å². The fraction of sp³-hybridized carbons (Fsp3) is 0.339. The number of carboxylic acid groups (broad SMARTS) is 4. The average Bonchev–Trinajstić information content (AvgIpc) is 1.04. The standard InChI is InChI=1S/C33H35F3N2O3.C29H30F3N3O2.C29H28F3NO2.C27H28F3N3O2/c1-21-16-25-19-24(23-5-8-26(9-6-23)37-12-14-41-15-13-37)7-10-27(25)32(38(21)20-33(2,3)36)31-28(34)17-22(18-29(31)35)4-11-30(39)40;1-17-10-20-13-19(21-14-33-35(15-21)22-6-7-22)5-8-23(20)28(34(17)16-29(2,3)32)27-24(30)11-18(12-25(27)31)4-9-26(36)37;1-18-13-22-16-21(20-7-5-4-6-8-20)10-11-23(22)28(33(18)17-29(2,3)32)27-24(30)14-19(15-25(27)31)9-12-26(34)35;1-16-9-19-12-18(20-13-31-32(4)14-20)6-7-21(19)26(33(16)15-27(2,3)30)25-22(28)10-17(11-23(25)29)5-8-24(34)35/h4-11,17-19,21,32H,12-16,20H2,1-3H3,(H,39,40);4-5,8-9,11-15,17,22,28H,6-7,10,16H2,1-3H3,(H,36,37);4-12,14-16,18,28H,13,17H2,1-3H3,(H,34,35);5-8,10-14,16,26H,9,15H2,1-4H3,(H,34,35)/b11-4+;9-4+;12-9+;8-5+/t;;;16-,26+/m...1/s1. The number of aromatic nitrogens is 4. The number of hydrogen-bond donors (Lipinski definition) is 4. The van der Waals surface area contributed by atoms with Crippen molar-refractivity contribution in [3.8, 4) is 44.5 Å². The van der Waals surface area contributed by atoms with Crippen LogP contribution in [-0.4, -0.2) is 183 Å². The molecule has 4 N–H and O–H groups in total. The number of morpholine rings is 1. The van der Waals surface area contributed by atoms with E-state index in [1.165, 1.54) is 55.4 Å². The topological polar surface area (TPSA) is 210 Å². The van der Waals surface area contributed by atoms with Crippen LogP contribution >= 0.6 is 0 Å². The maximum atomic E-state index is 15.6. The summed E-state index contributed by atoms with van der Waals surface area (Å²) in [6.45, 7) is 22.5. The van der Waals surface area contributed by atoms with Crippen LogP contribution in [0.1, 0.15) is 215 Å². The summed E-state index contributed by atoms with van der Waals surface area (Å²) in [6, 6.07) is 46.9. The molecule has 1 saturated carbocycles. The lowest BCUT2D eigenvalue weighted by Crippen LogP contribution is -2.48. The number of anilines is 1. The van der Waals surface area contributed by atoms with Gasteiger partial charge in [-0.25, -0.2) is 71.9 Å². The smallest absolute Gasteiger partial charge is 0.328 e. The van der Waals surface area contributed by atoms with Gasteiger partial charge in [0.05, 0.1) is 55.8 Å². The highest BCUT2D eigenvalue weighted by molar-refractivity contribution is 5.87. The lowest BCUT2D eigenvalue weighted by Gasteiger charge is -2.44. The van der Waals surface area contributed by atoms with E-state index in [0.717, 1.165) is 212 Å². The van der Waals surface area contributed by atoms with E-state index in [0.29, 0.717) is 50.5 Å². The third-order valence-electron chi connectivity index (χ3n) is 27.4. The molecule has 5 aliphatic heterocycles. The molecule has 0 amide bonds. The lowest BCUT2D eigenvalue weighted by atomic mass is 9.82. The van der Waals surface area contributed by atoms with E-state index in [-0.39, 0.29) is 94.9 Å². The molecule has 1 saturated heterocycles. The fourth-order valence-electron chi connectivity index (χ4n) is 20.8. The van der Waals surface area contributed by atoms with Gasteiger partial charge >= 0.3 is 23.9 Å². The maximum absolute atomic E-state index is 15.6. The van der Waals surface area contributed by atoms with E-state index in [1.807, 2.05) is 170 Å². The summed E-state index contributed by atoms with van der Waals surface area (Å²) in [7, 11) is 1.83. The molecule has 776 valence electrons. The van der Waals surface area contributed by atoms with Crippen molar-refractivity contribution in [1.82, 2.24) is 39.2 Å². The number of rotatable bonds is 26. The molecular weight excluding hydrogens is 1920 g/mol. The van der Waals surface area contributed by atoms with Gasteiger partial charge in [-0.2, -0.15) is 10.2 Å². The third-order valence-corrected chi connectivity index (χ3v) is 27.4. The van der Waals surface area contributed by atoms with Crippen molar-refractivity contribution in [3.05, 3.63) is 361 Å². The van der Waals surface area contributed by atoms with Crippen molar-refractivity contribution < 1.29 is 97.0 Å². The second-order valence-electron chi connectivity index (χ2n) is 41.7. The molecular formula is C118H121F12N9O9. The number of carboxylic acids is 4. The van der Waals surface area contributed by atoms with Gasteiger partial charge in [-0.1, -0.05) is 115 Å². The number of nitrogens with zero attached hydrogens (tertiary/aromatic N) is 9. The number of fused-ring (bicyclic) bond motifs is 4. The van der Waals surface area contributed by atoms with Crippen molar-refractivity contribution in [2.75, 3.05) is 57.4 Å². The van der Waals surface area contributed by atoms with Gasteiger partial charge in [0.15, 0.2) is 0 Å². The Morgan fingerprint density at radius 3 is 0.878 bits per heavy atom. The molecule has 30 heteroatoms. The zero-order valence-corrected chi connectivity index (χ0v) is 84.7. The van der Waals surface area contributed by atoms with Crippen molar-refractivity contribution >= 4 is 53.9 Å². The number of benzene rings is 10. The zero-order chi connectivity index (χ0) is 107. The van der Waals surface area contributed by atoms with Crippen molar-refractivity contribution in [2.45, 2.75) is 199 Å². The molecule has 18 nitrogen and oxygen atoms in total. The number of aliphatic carboxylic acids is 4. The summed E-state index contributed by atoms with van der Waals surface area (Å²) < 4.78 is 193. The first-order chi connectivity index (χ1) is 69.9. The Bertz CT molecular complexity index is 6930. The minimum atomic E-state index is -1.59. The molecule has 12 aromatic rings. The minimum absolute atomic E-state index is 0.00173. The molecule has 7 heterocycles. The van der Waals surface area contributed by atoms with Crippen molar-refractivity contribution in [1.29, 1.82) is 0 Å². The number of hydrogen-bond acceptors (Lipinski definition) is 12. The molecule has 6 unspecified atom stereocenters. The molecule has 2 fully saturated rings. The minimum Gasteiger partial charge on any atom is -0.478 e. The maximum Gasteiger partial charge on any atom is 0.328 e. The predicted octanol–water partition coefficient (Wildman–Crippen LogP) is 25.4. The third kappa shape index (κ3) is 26.5. The largest absolute Gasteiger partial charge is 0.478 e. The predicted molar refractivity (Wildman–Crippen MR) is 551 cm³/mol. The van der Waals surface area contributed by atoms with E-state index >= 15 is 39.5 Å². The molecule has 6 aliphatic rings. The highest BCUT2D eigenvalue weighted by Gasteiger charge is 2.46. The normalized spacial score (nSPS) is 19.4. The quantitative estimate of drug-likeness (QED) is 0.0293. The number of aryl methyl sites for hydroxylation is 1. The van der Waals surface area contributed by atoms with Crippen LogP contribution in [0, 0.1) is 46.5 Å². The van der Waals surface area contributed by atoms with Gasteiger partial charge in [-0.3, -0.25) is 29.0 Å². The number of alkyl halides is 4. The average molecular weight is 2040 g/mol. The molecule has 2 aromatic heterocycles. The Hall–Kier alpha value is -13.8. The van der Waals surface area contributed by atoms with Crippen LogP contribution in [-0.2, 0) is 56.6 Å². The van der Waals surface area contributed by atoms with Crippen molar-refractivity contribution in [2.24, 2.45) is 7.05 Å². The van der Waals surface area contributed by atoms with Crippen LogP contribution in [0.3, 0.4) is 0 Å². The van der Waals surface area contributed by atoms with Crippen LogP contribution in [0.5, 0.6) is 0 Å². The summed E-state index contributed by atoms with van der Waals surface area (Å²) in [5, 5.41) is 44.2. The lowest BCUT2D eigenvalue weighted by molar-refractivity contribution is -0.132. The van der Waals surface area contributed by atoms with E-state index < -0.39 is 117 Å². The molecule has 0 radical (unpaired) electrons. The number of ether oxygens (including phenoxy) is 1. The SMILES string of the molecule is CC1Cc2cc(-c3ccc(N4CCOCC4)cc3)ccc2C(c2c(F)cc(/C=C/C(=O)O)cc2F)N1CC(C)(C)F.CC1Cc2cc(-c3ccccc3)ccc2C(c2c(F)cc(/C=C/C(=O)O)cc2F)N1CC(C)(C)F.CC1Cc2cc(-c3cnn(C4CC4)c3)ccc2C(c2c(F)cc(/C=C/C(=O)O)cc2F)N1CC(C)(C)F.C[C@@H]1Cc2cc(-c3cnn(C)c3)ccc2[C@@H](c2c(F)cc(/C=C/C(=O)O)cc2F)N1CC(C)(C)F. The van der Waals surface area contributed by atoms with Gasteiger partial charge < -0.3 is 30.1 Å². The molecule has 148 heavy (non-hydrogen) atoms. The van der Waals surface area contributed by atoms with E-state index in [4.69, 9.17) is 25.2 Å². The van der Waals surface area contributed by atoms with Gasteiger partial charge in [0.25, 0.3) is 0 Å². The van der Waals surface area contributed by atoms with Crippen LogP contribution in [0.2, 0.25) is 0 Å². The van der Waals surface area contributed by atoms with E-state index in [2.05, 4.69) is 45.4 Å². The first kappa shape index (κ1) is 108. The molecule has 0 spiro atoms. The summed E-state index contributed by atoms with van der Waals surface area (Å²) in [5.74, 6) is -11.3. The summed E-state index contributed by atoms with van der Waals surface area (Å²) >= 11 is 0. The Balaban J connectivity index is 0.000000148. The van der Waals surface area contributed by atoms with Crippen molar-refractivity contribution in [3.63, 3.8) is 0 Å². The van der Waals surface area contributed by atoms with Gasteiger partial charge in [0.1, 0.15) is 69.2 Å². The summed E-state index contributed by atoms with van der Waals surface area (Å²) in [6.07, 6.45) is 20.1. The second-order valence-corrected chi connectivity index (χ2v) is 41.7. The number of carbonyl (C=O) groups is 4. The second kappa shape index (κ2) is 45.1. The van der Waals surface area contributed by atoms with E-state index in [1.54, 1.807) is 15.8 Å². The monoisotopic (exact) mass is 2040 g/mol. The first-order valence-corrected chi connectivity index (χ1v) is 49.4. The summed E-state index contributed by atoms with van der Waals surface area (Å²) in [4.78, 5) is 53.0. The Morgan fingerprint density at radius 2 is 0.615 bits per heavy atom. The van der Waals surface area contributed by atoms with Crippen LogP contribution < -0.4 is 4.90 Å². The molecule has 1 aliphatic carbocycles. The Labute approximate surface area is 853 Å². The van der Waals surface area contributed by atoms with Gasteiger partial charge in [0, 0.05) is 146 Å². The van der Waals surface area contributed by atoms with Crippen LogP contribution in [0.15, 0.2) is 225 Å². The molecule has 18 rings (SSSR count). The molecule has 0 bridgehead atoms. The van der Waals surface area contributed by atoms with Gasteiger partial charge in [0.2, 0.25) is 0 Å². The molecule has 10 aromatic carbocycles. The zero-order valence-electron chi connectivity index (χ0n) is 84.7. The number of halogens is 12. The highest BCUT2D eigenvalue weighted by atomic mass is 19.2. The Morgan fingerprint density at radius 1 is 0.351 bits per heavy atom. The summed E-state index contributed by atoms with van der Waals surface area (Å²) in [5.41, 5.74) is 9.15.